The van der Waals surface area contributed by atoms with Crippen LogP contribution in [-0.4, -0.2) is 28.3 Å². The van der Waals surface area contributed by atoms with Crippen LogP contribution in [0.1, 0.15) is 41.6 Å². The lowest BCUT2D eigenvalue weighted by Crippen LogP contribution is -2.39. The molecule has 1 aromatic carbocycles. The summed E-state index contributed by atoms with van der Waals surface area (Å²) in [6.45, 7) is 1.75. The molecule has 6 heteroatoms. The van der Waals surface area contributed by atoms with Crippen LogP contribution in [0.25, 0.3) is 0 Å². The van der Waals surface area contributed by atoms with Gasteiger partial charge < -0.3 is 4.90 Å². The van der Waals surface area contributed by atoms with Crippen molar-refractivity contribution in [3.05, 3.63) is 39.4 Å². The third-order valence-electron chi connectivity index (χ3n) is 3.85. The van der Waals surface area contributed by atoms with Crippen molar-refractivity contribution in [3.63, 3.8) is 0 Å². The van der Waals surface area contributed by atoms with E-state index in [9.17, 15) is 14.9 Å². The number of nitriles is 1. The summed E-state index contributed by atoms with van der Waals surface area (Å²) in [4.78, 5) is 24.7. The fourth-order valence-corrected chi connectivity index (χ4v) is 2.79. The number of amides is 1. The van der Waals surface area contributed by atoms with Crippen LogP contribution in [0.3, 0.4) is 0 Å². The third kappa shape index (κ3) is 3.19. The summed E-state index contributed by atoms with van der Waals surface area (Å²) in [5.41, 5.74) is 0.654. The maximum absolute atomic E-state index is 12.7. The van der Waals surface area contributed by atoms with Gasteiger partial charge in [-0.1, -0.05) is 18.9 Å². The summed E-state index contributed by atoms with van der Waals surface area (Å²) in [5.74, 6) is -0.418. The van der Waals surface area contributed by atoms with Gasteiger partial charge in [0.05, 0.1) is 11.0 Å². The number of nitro groups is 1. The molecule has 1 aromatic rings. The minimum atomic E-state index is -0.550. The largest absolute Gasteiger partial charge is 0.322 e. The summed E-state index contributed by atoms with van der Waals surface area (Å²) >= 11 is 0. The first-order valence-electron chi connectivity index (χ1n) is 6.97. The minimum absolute atomic E-state index is 0.0114. The Balaban J connectivity index is 2.38. The van der Waals surface area contributed by atoms with E-state index in [1.807, 2.05) is 6.07 Å². The second kappa shape index (κ2) is 6.35. The van der Waals surface area contributed by atoms with E-state index in [1.54, 1.807) is 13.0 Å². The van der Waals surface area contributed by atoms with Crippen LogP contribution in [0.15, 0.2) is 18.2 Å². The molecule has 0 bridgehead atoms. The summed E-state index contributed by atoms with van der Waals surface area (Å²) in [5, 5.41) is 20.1. The predicted octanol–water partition coefficient (Wildman–Crippen LogP) is 2.81. The zero-order valence-electron chi connectivity index (χ0n) is 11.9. The Morgan fingerprint density at radius 2 is 2.14 bits per heavy atom. The van der Waals surface area contributed by atoms with Gasteiger partial charge in [0.25, 0.3) is 11.6 Å². The topological polar surface area (TPSA) is 87.2 Å². The van der Waals surface area contributed by atoms with Gasteiger partial charge in [-0.05, 0) is 31.4 Å². The molecule has 1 aliphatic carbocycles. The third-order valence-corrected chi connectivity index (χ3v) is 3.85. The second-order valence-corrected chi connectivity index (χ2v) is 5.31. The lowest BCUT2D eigenvalue weighted by Gasteiger charge is -2.26. The molecule has 6 nitrogen and oxygen atoms in total. The molecular weight excluding hydrogens is 270 g/mol. The highest BCUT2D eigenvalue weighted by molar-refractivity contribution is 5.98. The van der Waals surface area contributed by atoms with E-state index in [0.29, 0.717) is 0 Å². The molecule has 0 radical (unpaired) electrons. The zero-order chi connectivity index (χ0) is 15.4. The van der Waals surface area contributed by atoms with Gasteiger partial charge in [-0.25, -0.2) is 0 Å². The van der Waals surface area contributed by atoms with Gasteiger partial charge in [0, 0.05) is 12.1 Å². The number of nitrogens with zero attached hydrogens (tertiary/aromatic N) is 3. The fraction of sp³-hybridized carbons (Fsp3) is 0.467. The van der Waals surface area contributed by atoms with Crippen molar-refractivity contribution < 1.29 is 9.72 Å². The average Bonchev–Trinajstić information content (AvgIpc) is 2.97. The molecule has 0 unspecified atom stereocenters. The summed E-state index contributed by atoms with van der Waals surface area (Å²) in [6, 6.07) is 6.49. The first-order valence-corrected chi connectivity index (χ1v) is 6.97. The minimum Gasteiger partial charge on any atom is -0.322 e. The number of hydrogen-bond donors (Lipinski definition) is 0. The maximum atomic E-state index is 12.7. The van der Waals surface area contributed by atoms with E-state index < -0.39 is 10.8 Å². The number of benzene rings is 1. The van der Waals surface area contributed by atoms with E-state index in [2.05, 4.69) is 0 Å². The fourth-order valence-electron chi connectivity index (χ4n) is 2.79. The smallest absolute Gasteiger partial charge is 0.282 e. The monoisotopic (exact) mass is 287 g/mol. The van der Waals surface area contributed by atoms with Crippen LogP contribution in [0.5, 0.6) is 0 Å². The molecule has 1 fully saturated rings. The standard InChI is InChI=1S/C15H17N3O3/c1-11-6-7-14(18(20)21)13(10-11)15(19)17(9-8-16)12-4-2-3-5-12/h6-7,10,12H,2-5,9H2,1H3. The lowest BCUT2D eigenvalue weighted by atomic mass is 10.1. The van der Waals surface area contributed by atoms with E-state index in [4.69, 9.17) is 5.26 Å². The number of hydrogen-bond acceptors (Lipinski definition) is 4. The van der Waals surface area contributed by atoms with Crippen molar-refractivity contribution in [1.29, 1.82) is 5.26 Å². The van der Waals surface area contributed by atoms with Gasteiger partial charge in [0.1, 0.15) is 12.1 Å². The Hall–Kier alpha value is -2.42. The Kier molecular flexibility index (Phi) is 4.53. The molecule has 2 rings (SSSR count). The van der Waals surface area contributed by atoms with Crippen LogP contribution >= 0.6 is 0 Å². The van der Waals surface area contributed by atoms with Crippen LogP contribution in [-0.2, 0) is 0 Å². The van der Waals surface area contributed by atoms with E-state index in [1.165, 1.54) is 17.0 Å². The predicted molar refractivity (Wildman–Crippen MR) is 76.7 cm³/mol. The number of carbonyl (C=O) groups is 1. The van der Waals surface area contributed by atoms with E-state index in [-0.39, 0.29) is 23.8 Å². The zero-order valence-corrected chi connectivity index (χ0v) is 11.9. The van der Waals surface area contributed by atoms with E-state index >= 15 is 0 Å². The molecule has 0 heterocycles. The Labute approximate surface area is 123 Å². The number of aryl methyl sites for hydroxylation is 1. The molecule has 0 saturated heterocycles. The molecule has 110 valence electrons. The molecule has 0 aromatic heterocycles. The van der Waals surface area contributed by atoms with Crippen LogP contribution in [0.2, 0.25) is 0 Å². The highest BCUT2D eigenvalue weighted by Crippen LogP contribution is 2.27. The quantitative estimate of drug-likeness (QED) is 0.484. The molecule has 1 amide bonds. The number of carbonyl (C=O) groups excluding carboxylic acids is 1. The normalized spacial score (nSPS) is 14.7. The van der Waals surface area contributed by atoms with Gasteiger partial charge in [-0.2, -0.15) is 5.26 Å². The first-order chi connectivity index (χ1) is 10.0. The van der Waals surface area contributed by atoms with Gasteiger partial charge in [-0.3, -0.25) is 14.9 Å². The highest BCUT2D eigenvalue weighted by atomic mass is 16.6. The Bertz CT molecular complexity index is 601. The van der Waals surface area contributed by atoms with Crippen molar-refractivity contribution in [2.24, 2.45) is 0 Å². The summed E-state index contributed by atoms with van der Waals surface area (Å²) in [6.07, 6.45) is 3.76. The summed E-state index contributed by atoms with van der Waals surface area (Å²) < 4.78 is 0. The molecule has 1 saturated carbocycles. The van der Waals surface area contributed by atoms with Crippen molar-refractivity contribution in [1.82, 2.24) is 4.90 Å². The molecule has 0 spiro atoms. The highest BCUT2D eigenvalue weighted by Gasteiger charge is 2.31. The van der Waals surface area contributed by atoms with Crippen LogP contribution in [0, 0.1) is 28.4 Å². The SMILES string of the molecule is Cc1ccc([N+](=O)[O-])c(C(=O)N(CC#N)C2CCCC2)c1. The maximum Gasteiger partial charge on any atom is 0.282 e. The number of rotatable bonds is 4. The lowest BCUT2D eigenvalue weighted by molar-refractivity contribution is -0.385. The average molecular weight is 287 g/mol. The van der Waals surface area contributed by atoms with Crippen molar-refractivity contribution in [2.45, 2.75) is 38.6 Å². The second-order valence-electron chi connectivity index (χ2n) is 5.31. The van der Waals surface area contributed by atoms with Crippen LogP contribution in [0.4, 0.5) is 5.69 Å². The first kappa shape index (κ1) is 15.0. The van der Waals surface area contributed by atoms with Gasteiger partial charge >= 0.3 is 0 Å². The van der Waals surface area contributed by atoms with Gasteiger partial charge in [0.15, 0.2) is 0 Å². The molecule has 0 aliphatic heterocycles. The van der Waals surface area contributed by atoms with Crippen molar-refractivity contribution in [2.75, 3.05) is 6.54 Å². The molecule has 0 atom stereocenters. The van der Waals surface area contributed by atoms with Crippen molar-refractivity contribution >= 4 is 11.6 Å². The van der Waals surface area contributed by atoms with Crippen LogP contribution < -0.4 is 0 Å². The van der Waals surface area contributed by atoms with Crippen molar-refractivity contribution in [3.8, 4) is 6.07 Å². The van der Waals surface area contributed by atoms with Gasteiger partial charge in [-0.15, -0.1) is 0 Å². The van der Waals surface area contributed by atoms with Gasteiger partial charge in [0.2, 0.25) is 0 Å². The van der Waals surface area contributed by atoms with E-state index in [0.717, 1.165) is 31.2 Å². The summed E-state index contributed by atoms with van der Waals surface area (Å²) in [7, 11) is 0. The number of nitro benzene ring substituents is 1. The Morgan fingerprint density at radius 3 is 2.71 bits per heavy atom. The molecule has 21 heavy (non-hydrogen) atoms. The molecular formula is C15H17N3O3. The Morgan fingerprint density at radius 1 is 1.48 bits per heavy atom. The molecule has 1 aliphatic rings. The molecule has 0 N–H and O–H groups in total.